The van der Waals surface area contributed by atoms with E-state index in [4.69, 9.17) is 4.74 Å². The highest BCUT2D eigenvalue weighted by Gasteiger charge is 2.46. The second-order valence-corrected chi connectivity index (χ2v) is 10.1. The number of rotatable bonds is 8. The normalized spacial score (nSPS) is 16.9. The van der Waals surface area contributed by atoms with Gasteiger partial charge in [-0.1, -0.05) is 48.5 Å². The van der Waals surface area contributed by atoms with E-state index >= 15 is 0 Å². The minimum atomic E-state index is -0.751. The number of fused-ring (bicyclic) bond motifs is 1. The number of ether oxygens (including phenoxy) is 1. The second kappa shape index (κ2) is 10.7. The minimum Gasteiger partial charge on any atom is -0.505 e. The molecule has 1 aliphatic rings. The Morgan fingerprint density at radius 2 is 1.72 bits per heavy atom. The van der Waals surface area contributed by atoms with Crippen molar-refractivity contribution < 1.29 is 19.4 Å². The molecular weight excluding hydrogens is 492 g/mol. The maximum Gasteiger partial charge on any atom is 0.295 e. The number of pyridine rings is 1. The molecular formula is C31H32N4O4. The molecule has 2 aromatic heterocycles. The molecule has 0 saturated carbocycles. The Labute approximate surface area is 227 Å². The molecule has 1 amide bonds. The number of amides is 1. The van der Waals surface area contributed by atoms with Gasteiger partial charge in [-0.3, -0.25) is 9.59 Å². The van der Waals surface area contributed by atoms with Crippen molar-refractivity contribution in [1.82, 2.24) is 19.2 Å². The summed E-state index contributed by atoms with van der Waals surface area (Å²) in [4.78, 5) is 34.8. The van der Waals surface area contributed by atoms with Crippen LogP contribution in [0.15, 0.2) is 78.5 Å². The van der Waals surface area contributed by atoms with Gasteiger partial charge in [-0.2, -0.15) is 0 Å². The van der Waals surface area contributed by atoms with Crippen LogP contribution in [-0.2, 0) is 16.2 Å². The van der Waals surface area contributed by atoms with Gasteiger partial charge in [-0.05, 0) is 62.8 Å². The summed E-state index contributed by atoms with van der Waals surface area (Å²) in [5.74, 6) is -0.950. The number of imidazole rings is 1. The molecule has 1 aliphatic heterocycles. The number of carbonyl (C=O) groups is 2. The summed E-state index contributed by atoms with van der Waals surface area (Å²) in [5.41, 5.74) is 4.41. The lowest BCUT2D eigenvalue weighted by molar-refractivity contribution is -0.140. The first-order chi connectivity index (χ1) is 18.8. The Balaban J connectivity index is 1.55. The van der Waals surface area contributed by atoms with Crippen molar-refractivity contribution in [2.24, 2.45) is 0 Å². The van der Waals surface area contributed by atoms with Gasteiger partial charge in [-0.15, -0.1) is 0 Å². The van der Waals surface area contributed by atoms with E-state index in [0.717, 1.165) is 11.1 Å². The summed E-state index contributed by atoms with van der Waals surface area (Å²) >= 11 is 0. The number of aromatic nitrogens is 2. The molecule has 5 rings (SSSR count). The minimum absolute atomic E-state index is 0.0425. The van der Waals surface area contributed by atoms with Gasteiger partial charge in [0, 0.05) is 19.3 Å². The van der Waals surface area contributed by atoms with E-state index in [9.17, 15) is 14.7 Å². The van der Waals surface area contributed by atoms with E-state index in [-0.39, 0.29) is 11.3 Å². The molecule has 39 heavy (non-hydrogen) atoms. The highest BCUT2D eigenvalue weighted by molar-refractivity contribution is 6.46. The number of carbonyl (C=O) groups excluding carboxylic acids is 2. The lowest BCUT2D eigenvalue weighted by Gasteiger charge is -2.26. The van der Waals surface area contributed by atoms with Gasteiger partial charge >= 0.3 is 0 Å². The predicted octanol–water partition coefficient (Wildman–Crippen LogP) is 4.51. The van der Waals surface area contributed by atoms with Crippen LogP contribution in [0.5, 0.6) is 5.75 Å². The molecule has 4 aromatic rings. The average Bonchev–Trinajstić information content (AvgIpc) is 3.41. The zero-order chi connectivity index (χ0) is 27.7. The van der Waals surface area contributed by atoms with E-state index < -0.39 is 17.7 Å². The zero-order valence-electron chi connectivity index (χ0n) is 22.6. The van der Waals surface area contributed by atoms with Crippen LogP contribution in [0.4, 0.5) is 0 Å². The van der Waals surface area contributed by atoms with Gasteiger partial charge in [0.15, 0.2) is 5.76 Å². The molecule has 0 spiro atoms. The standard InChI is InChI=1S/C31H32N4O4/c1-20-9-8-16-34-21(2)26(32-30(20)34)28(36)25-27(35(18-17-33(3)4)31(38)29(25)37)23-12-14-24(15-13-23)39-19-22-10-6-5-7-11-22/h5-16,27,36H,17-19H2,1-4H3/b28-25+. The number of aliphatic hydroxyl groups is 1. The van der Waals surface area contributed by atoms with Gasteiger partial charge in [-0.25, -0.2) is 4.98 Å². The summed E-state index contributed by atoms with van der Waals surface area (Å²) in [6.45, 7) is 5.09. The third-order valence-electron chi connectivity index (χ3n) is 7.08. The highest BCUT2D eigenvalue weighted by Crippen LogP contribution is 2.40. The third-order valence-corrected chi connectivity index (χ3v) is 7.08. The fourth-order valence-corrected chi connectivity index (χ4v) is 4.93. The maximum atomic E-state index is 13.4. The molecule has 1 N–H and O–H groups in total. The zero-order valence-corrected chi connectivity index (χ0v) is 22.6. The predicted molar refractivity (Wildman–Crippen MR) is 149 cm³/mol. The van der Waals surface area contributed by atoms with E-state index in [1.807, 2.05) is 110 Å². The SMILES string of the molecule is Cc1cccn2c(C)c(/C(O)=C3\C(=O)C(=O)N(CCN(C)C)C3c3ccc(OCc4ccccc4)cc3)nc12. The van der Waals surface area contributed by atoms with Gasteiger partial charge in [0.05, 0.1) is 17.3 Å². The van der Waals surface area contributed by atoms with Gasteiger partial charge < -0.3 is 24.0 Å². The first-order valence-electron chi connectivity index (χ1n) is 12.9. The number of hydrogen-bond acceptors (Lipinski definition) is 6. The van der Waals surface area contributed by atoms with Crippen molar-refractivity contribution in [3.8, 4) is 5.75 Å². The first kappa shape index (κ1) is 26.2. The number of nitrogens with zero attached hydrogens (tertiary/aromatic N) is 4. The molecule has 0 radical (unpaired) electrons. The summed E-state index contributed by atoms with van der Waals surface area (Å²) in [6.07, 6.45) is 1.86. The van der Waals surface area contributed by atoms with E-state index in [1.165, 1.54) is 4.90 Å². The van der Waals surface area contributed by atoms with Gasteiger partial charge in [0.1, 0.15) is 23.7 Å². The number of hydrogen-bond donors (Lipinski definition) is 1. The monoisotopic (exact) mass is 524 g/mol. The molecule has 200 valence electrons. The number of ketones is 1. The van der Waals surface area contributed by atoms with Gasteiger partial charge in [0.25, 0.3) is 11.7 Å². The molecule has 8 nitrogen and oxygen atoms in total. The molecule has 1 fully saturated rings. The third kappa shape index (κ3) is 5.03. The first-order valence-corrected chi connectivity index (χ1v) is 12.9. The Hall–Kier alpha value is -4.43. The summed E-state index contributed by atoms with van der Waals surface area (Å²) in [5, 5.41) is 11.5. The molecule has 1 saturated heterocycles. The Bertz CT molecular complexity index is 1560. The van der Waals surface area contributed by atoms with Crippen LogP contribution in [0.25, 0.3) is 11.4 Å². The molecule has 1 atom stereocenters. The molecule has 8 heteroatoms. The topological polar surface area (TPSA) is 87.4 Å². The number of Topliss-reactive ketones (excluding diaryl/α,β-unsaturated/α-hetero) is 1. The molecule has 0 aliphatic carbocycles. The van der Waals surface area contributed by atoms with Crippen LogP contribution < -0.4 is 4.74 Å². The number of aliphatic hydroxyl groups excluding tert-OH is 1. The average molecular weight is 525 g/mol. The van der Waals surface area contributed by atoms with E-state index in [1.54, 1.807) is 0 Å². The summed E-state index contributed by atoms with van der Waals surface area (Å²) < 4.78 is 7.81. The van der Waals surface area contributed by atoms with Crippen LogP contribution in [0.2, 0.25) is 0 Å². The van der Waals surface area contributed by atoms with Crippen molar-refractivity contribution in [2.45, 2.75) is 26.5 Å². The lowest BCUT2D eigenvalue weighted by atomic mass is 9.96. The highest BCUT2D eigenvalue weighted by atomic mass is 16.5. The van der Waals surface area contributed by atoms with E-state index in [2.05, 4.69) is 4.98 Å². The van der Waals surface area contributed by atoms with Crippen LogP contribution in [0.3, 0.4) is 0 Å². The van der Waals surface area contributed by atoms with Crippen LogP contribution >= 0.6 is 0 Å². The van der Waals surface area contributed by atoms with E-state index in [0.29, 0.717) is 48.0 Å². The Morgan fingerprint density at radius 1 is 1.00 bits per heavy atom. The van der Waals surface area contributed by atoms with Crippen molar-refractivity contribution >= 4 is 23.1 Å². The van der Waals surface area contributed by atoms with Crippen molar-refractivity contribution in [2.75, 3.05) is 27.2 Å². The molecule has 0 bridgehead atoms. The Morgan fingerprint density at radius 3 is 2.38 bits per heavy atom. The van der Waals surface area contributed by atoms with Crippen molar-refractivity contribution in [3.63, 3.8) is 0 Å². The molecule has 2 aromatic carbocycles. The largest absolute Gasteiger partial charge is 0.505 e. The number of likely N-dealkylation sites (N-methyl/N-ethyl adjacent to an activating group) is 1. The summed E-state index contributed by atoms with van der Waals surface area (Å²) in [6, 6.07) is 20.3. The number of likely N-dealkylation sites (tertiary alicyclic amines) is 1. The van der Waals surface area contributed by atoms with Crippen LogP contribution in [0.1, 0.15) is 34.1 Å². The Kier molecular flexibility index (Phi) is 7.21. The summed E-state index contributed by atoms with van der Waals surface area (Å²) in [7, 11) is 3.82. The van der Waals surface area contributed by atoms with Crippen LogP contribution in [-0.4, -0.2) is 63.2 Å². The molecule has 1 unspecified atom stereocenters. The van der Waals surface area contributed by atoms with Gasteiger partial charge in [0.2, 0.25) is 0 Å². The van der Waals surface area contributed by atoms with Crippen LogP contribution in [0, 0.1) is 13.8 Å². The second-order valence-electron chi connectivity index (χ2n) is 10.1. The fourth-order valence-electron chi connectivity index (χ4n) is 4.93. The molecule has 3 heterocycles. The van der Waals surface area contributed by atoms with Crippen molar-refractivity contribution in [1.29, 1.82) is 0 Å². The smallest absolute Gasteiger partial charge is 0.295 e. The lowest BCUT2D eigenvalue weighted by Crippen LogP contribution is -2.35. The number of aryl methyl sites for hydroxylation is 2. The fraction of sp³-hybridized carbons (Fsp3) is 0.258. The maximum absolute atomic E-state index is 13.4. The quantitative estimate of drug-likeness (QED) is 0.207. The number of benzene rings is 2. The van der Waals surface area contributed by atoms with Crippen molar-refractivity contribution in [3.05, 3.63) is 107 Å².